The lowest BCUT2D eigenvalue weighted by Crippen LogP contribution is -2.14. The summed E-state index contributed by atoms with van der Waals surface area (Å²) >= 11 is 8.05. The number of hydrogen-bond acceptors (Lipinski definition) is 6. The van der Waals surface area contributed by atoms with Gasteiger partial charge in [-0.05, 0) is 48.4 Å². The SMILES string of the molecule is O=C(O)Cn1cnc(SCc2ccc(/C(=C\[C@H]3CCOC3)c3ccc(C4CC4)c(=O)[nH]3)cc2Cl)n1. The number of ether oxygens (including phenoxy) is 1. The summed E-state index contributed by atoms with van der Waals surface area (Å²) in [4.78, 5) is 30.8. The maximum absolute atomic E-state index is 12.7. The number of aromatic nitrogens is 4. The molecule has 8 nitrogen and oxygen atoms in total. The zero-order valence-corrected chi connectivity index (χ0v) is 20.5. The van der Waals surface area contributed by atoms with Gasteiger partial charge >= 0.3 is 5.97 Å². The van der Waals surface area contributed by atoms with Gasteiger partial charge in [-0.15, -0.1) is 5.10 Å². The molecule has 1 saturated carbocycles. The number of pyridine rings is 1. The van der Waals surface area contributed by atoms with Crippen molar-refractivity contribution in [3.63, 3.8) is 0 Å². The van der Waals surface area contributed by atoms with Gasteiger partial charge in [-0.3, -0.25) is 9.59 Å². The van der Waals surface area contributed by atoms with E-state index in [1.807, 2.05) is 30.3 Å². The van der Waals surface area contributed by atoms with Crippen molar-refractivity contribution in [1.82, 2.24) is 19.7 Å². The molecule has 0 bridgehead atoms. The first-order valence-electron chi connectivity index (χ1n) is 11.5. The maximum atomic E-state index is 12.7. The van der Waals surface area contributed by atoms with Crippen LogP contribution >= 0.6 is 23.4 Å². The van der Waals surface area contributed by atoms with Gasteiger partial charge in [-0.25, -0.2) is 9.67 Å². The van der Waals surface area contributed by atoms with Crippen molar-refractivity contribution in [1.29, 1.82) is 0 Å². The van der Waals surface area contributed by atoms with E-state index in [0.717, 1.165) is 53.8 Å². The van der Waals surface area contributed by atoms with Gasteiger partial charge in [0, 0.05) is 40.1 Å². The quantitative estimate of drug-likeness (QED) is 0.410. The van der Waals surface area contributed by atoms with E-state index < -0.39 is 5.97 Å². The molecule has 1 aromatic carbocycles. The number of nitrogens with one attached hydrogen (secondary N) is 1. The van der Waals surface area contributed by atoms with Gasteiger partial charge in [0.2, 0.25) is 5.16 Å². The normalized spacial score (nSPS) is 18.2. The minimum Gasteiger partial charge on any atom is -0.480 e. The molecule has 1 aliphatic carbocycles. The number of rotatable bonds is 9. The summed E-state index contributed by atoms with van der Waals surface area (Å²) in [7, 11) is 0. The molecule has 0 amide bonds. The van der Waals surface area contributed by atoms with E-state index in [9.17, 15) is 9.59 Å². The molecule has 0 spiro atoms. The maximum Gasteiger partial charge on any atom is 0.325 e. The Morgan fingerprint density at radius 1 is 1.29 bits per heavy atom. The van der Waals surface area contributed by atoms with Crippen LogP contribution in [0.25, 0.3) is 5.57 Å². The van der Waals surface area contributed by atoms with Gasteiger partial charge in [0.1, 0.15) is 12.9 Å². The monoisotopic (exact) mass is 512 g/mol. The average molecular weight is 513 g/mol. The predicted molar refractivity (Wildman–Crippen MR) is 134 cm³/mol. The number of benzene rings is 1. The lowest BCUT2D eigenvalue weighted by atomic mass is 9.95. The van der Waals surface area contributed by atoms with Crippen LogP contribution in [-0.4, -0.2) is 44.0 Å². The second-order valence-electron chi connectivity index (χ2n) is 8.85. The minimum atomic E-state index is -0.971. The third-order valence-electron chi connectivity index (χ3n) is 6.15. The van der Waals surface area contributed by atoms with Crippen LogP contribution in [0.3, 0.4) is 0 Å². The molecule has 2 aromatic heterocycles. The summed E-state index contributed by atoms with van der Waals surface area (Å²) in [5.41, 5.74) is 4.40. The number of carboxylic acids is 1. The second-order valence-corrected chi connectivity index (χ2v) is 10.2. The van der Waals surface area contributed by atoms with E-state index in [0.29, 0.717) is 28.5 Å². The number of aromatic amines is 1. The number of carboxylic acid groups (broad SMARTS) is 1. The zero-order valence-electron chi connectivity index (χ0n) is 18.9. The van der Waals surface area contributed by atoms with Crippen LogP contribution in [0.1, 0.15) is 47.6 Å². The molecule has 182 valence electrons. The first-order chi connectivity index (χ1) is 17.0. The predicted octanol–water partition coefficient (Wildman–Crippen LogP) is 4.34. The van der Waals surface area contributed by atoms with Gasteiger partial charge in [0.05, 0.1) is 6.61 Å². The molecule has 1 atom stereocenters. The second kappa shape index (κ2) is 10.4. The van der Waals surface area contributed by atoms with Crippen molar-refractivity contribution in [2.24, 2.45) is 5.92 Å². The van der Waals surface area contributed by atoms with Crippen LogP contribution in [0.2, 0.25) is 5.02 Å². The molecule has 3 aromatic rings. The van der Waals surface area contributed by atoms with E-state index in [1.54, 1.807) is 0 Å². The summed E-state index contributed by atoms with van der Waals surface area (Å²) in [5, 5.41) is 14.1. The molecule has 2 aliphatic rings. The van der Waals surface area contributed by atoms with Crippen LogP contribution in [0.15, 0.2) is 52.7 Å². The first-order valence-corrected chi connectivity index (χ1v) is 12.9. The highest BCUT2D eigenvalue weighted by Crippen LogP contribution is 2.38. The van der Waals surface area contributed by atoms with Crippen molar-refractivity contribution >= 4 is 34.9 Å². The third-order valence-corrected chi connectivity index (χ3v) is 7.40. The Hall–Kier alpha value is -2.88. The number of aliphatic carboxylic acids is 1. The fourth-order valence-corrected chi connectivity index (χ4v) is 5.30. The van der Waals surface area contributed by atoms with Crippen LogP contribution < -0.4 is 5.56 Å². The molecule has 10 heteroatoms. The smallest absolute Gasteiger partial charge is 0.325 e. The number of hydrogen-bond donors (Lipinski definition) is 2. The Morgan fingerprint density at radius 3 is 2.83 bits per heavy atom. The molecule has 35 heavy (non-hydrogen) atoms. The highest BCUT2D eigenvalue weighted by atomic mass is 35.5. The Kier molecular flexibility index (Phi) is 7.08. The fourth-order valence-electron chi connectivity index (χ4n) is 4.15. The highest BCUT2D eigenvalue weighted by molar-refractivity contribution is 7.98. The topological polar surface area (TPSA) is 110 Å². The Bertz CT molecular complexity index is 1320. The van der Waals surface area contributed by atoms with E-state index in [2.05, 4.69) is 21.1 Å². The molecular weight excluding hydrogens is 488 g/mol. The standard InChI is InChI=1S/C25H25ClN4O4S/c26-21-10-17(3-4-18(21)13-35-25-27-14-30(29-25)11-23(31)32)20(9-15-7-8-34-12-15)22-6-5-19(16-1-2-16)24(33)28-22/h3-6,9-10,14-16H,1-2,7-8,11-13H2,(H,28,33)(H,31,32)/b20-9+/t15-/m1/s1. The van der Waals surface area contributed by atoms with Crippen molar-refractivity contribution in [3.05, 3.63) is 80.5 Å². The Balaban J connectivity index is 1.38. The molecule has 3 heterocycles. The zero-order chi connectivity index (χ0) is 24.4. The van der Waals surface area contributed by atoms with Crippen LogP contribution in [-0.2, 0) is 21.8 Å². The third kappa shape index (κ3) is 5.86. The summed E-state index contributed by atoms with van der Waals surface area (Å²) in [5.74, 6) is 0.234. The molecule has 1 saturated heterocycles. The molecular formula is C25H25ClN4O4S. The van der Waals surface area contributed by atoms with Crippen LogP contribution in [0, 0.1) is 5.92 Å². The van der Waals surface area contributed by atoms with Gasteiger partial charge in [0.25, 0.3) is 5.56 Å². The largest absolute Gasteiger partial charge is 0.480 e. The van der Waals surface area contributed by atoms with Gasteiger partial charge < -0.3 is 14.8 Å². The van der Waals surface area contributed by atoms with Crippen molar-refractivity contribution in [2.45, 2.75) is 42.6 Å². The lowest BCUT2D eigenvalue weighted by molar-refractivity contribution is -0.137. The Labute approximate surface area is 211 Å². The van der Waals surface area contributed by atoms with Crippen LogP contribution in [0.4, 0.5) is 0 Å². The van der Waals surface area contributed by atoms with Crippen molar-refractivity contribution < 1.29 is 14.6 Å². The summed E-state index contributed by atoms with van der Waals surface area (Å²) < 4.78 is 6.85. The van der Waals surface area contributed by atoms with Gasteiger partial charge in [-0.1, -0.05) is 47.6 Å². The Morgan fingerprint density at radius 2 is 2.14 bits per heavy atom. The van der Waals surface area contributed by atoms with Gasteiger partial charge in [0.15, 0.2) is 0 Å². The summed E-state index contributed by atoms with van der Waals surface area (Å²) in [6, 6.07) is 9.84. The van der Waals surface area contributed by atoms with Gasteiger partial charge in [-0.2, -0.15) is 0 Å². The van der Waals surface area contributed by atoms with E-state index in [1.165, 1.54) is 22.8 Å². The minimum absolute atomic E-state index is 0.0208. The summed E-state index contributed by atoms with van der Waals surface area (Å²) in [6.07, 6.45) is 6.68. The molecule has 0 radical (unpaired) electrons. The number of nitrogens with zero attached hydrogens (tertiary/aromatic N) is 3. The number of thioether (sulfide) groups is 1. The van der Waals surface area contributed by atoms with E-state index >= 15 is 0 Å². The molecule has 2 fully saturated rings. The number of halogens is 1. The van der Waals surface area contributed by atoms with Crippen molar-refractivity contribution in [2.75, 3.05) is 13.2 Å². The highest BCUT2D eigenvalue weighted by Gasteiger charge is 2.26. The fraction of sp³-hybridized carbons (Fsp3) is 0.360. The van der Waals surface area contributed by atoms with E-state index in [4.69, 9.17) is 21.4 Å². The number of carbonyl (C=O) groups is 1. The summed E-state index contributed by atoms with van der Waals surface area (Å²) in [6.45, 7) is 1.17. The molecule has 2 N–H and O–H groups in total. The number of H-pyrrole nitrogens is 1. The lowest BCUT2D eigenvalue weighted by Gasteiger charge is -2.13. The molecule has 1 aliphatic heterocycles. The van der Waals surface area contributed by atoms with Crippen molar-refractivity contribution in [3.8, 4) is 0 Å². The first kappa shape index (κ1) is 23.8. The van der Waals surface area contributed by atoms with E-state index in [-0.39, 0.29) is 18.0 Å². The van der Waals surface area contributed by atoms with Crippen LogP contribution in [0.5, 0.6) is 0 Å². The molecule has 5 rings (SSSR count). The molecule has 0 unspecified atom stereocenters. The average Bonchev–Trinajstić information content (AvgIpc) is 3.34.